The number of nitro groups is 1. The van der Waals surface area contributed by atoms with Gasteiger partial charge in [0.25, 0.3) is 5.69 Å². The van der Waals surface area contributed by atoms with Gasteiger partial charge in [0, 0.05) is 30.5 Å². The maximum absolute atomic E-state index is 11.1. The molecule has 0 saturated heterocycles. The highest BCUT2D eigenvalue weighted by Crippen LogP contribution is 2.22. The molecule has 0 aliphatic heterocycles. The predicted octanol–water partition coefficient (Wildman–Crippen LogP) is 2.13. The number of nitro benzene ring substituents is 1. The van der Waals surface area contributed by atoms with E-state index >= 15 is 0 Å². The van der Waals surface area contributed by atoms with Crippen LogP contribution in [0.3, 0.4) is 0 Å². The smallest absolute Gasteiger partial charge is 0.338 e. The Hall–Kier alpha value is -2.15. The number of anilines is 1. The van der Waals surface area contributed by atoms with Gasteiger partial charge in [0.15, 0.2) is 0 Å². The topological polar surface area (TPSA) is 102 Å². The van der Waals surface area contributed by atoms with Crippen molar-refractivity contribution in [1.82, 2.24) is 0 Å². The summed E-state index contributed by atoms with van der Waals surface area (Å²) in [5.74, 6) is -1.21. The number of nitrogens with zero attached hydrogens (tertiary/aromatic N) is 1. The van der Waals surface area contributed by atoms with Gasteiger partial charge in [-0.1, -0.05) is 0 Å². The van der Waals surface area contributed by atoms with Crippen LogP contribution in [0, 0.1) is 10.1 Å². The van der Waals surface area contributed by atoms with E-state index in [-0.39, 0.29) is 17.3 Å². The largest absolute Gasteiger partial charge is 0.478 e. The van der Waals surface area contributed by atoms with Crippen molar-refractivity contribution in [1.29, 1.82) is 0 Å². The Labute approximate surface area is 110 Å². The minimum Gasteiger partial charge on any atom is -0.478 e. The third-order valence-corrected chi connectivity index (χ3v) is 2.42. The zero-order valence-electron chi connectivity index (χ0n) is 10.8. The van der Waals surface area contributed by atoms with Crippen LogP contribution in [0.4, 0.5) is 11.4 Å². The maximum atomic E-state index is 11.1. The lowest BCUT2D eigenvalue weighted by molar-refractivity contribution is -0.384. The highest BCUT2D eigenvalue weighted by Gasteiger charge is 2.17. The molecule has 0 amide bonds. The first-order valence-electron chi connectivity index (χ1n) is 5.81. The number of non-ortho nitro benzene ring substituents is 1. The van der Waals surface area contributed by atoms with E-state index in [1.165, 1.54) is 12.1 Å². The van der Waals surface area contributed by atoms with Gasteiger partial charge in [-0.15, -0.1) is 0 Å². The number of carbonyl (C=O) groups is 1. The van der Waals surface area contributed by atoms with Crippen molar-refractivity contribution >= 4 is 17.3 Å². The molecule has 1 atom stereocenters. The Kier molecular flexibility index (Phi) is 5.25. The zero-order chi connectivity index (χ0) is 14.4. The summed E-state index contributed by atoms with van der Waals surface area (Å²) in [6.45, 7) is 4.69. The van der Waals surface area contributed by atoms with Gasteiger partial charge in [-0.25, -0.2) is 4.79 Å². The standard InChI is InChI=1S/C12H16N2O5/c1-3-19-7-8(2)13-11-5-4-9(14(17)18)6-10(11)12(15)16/h4-6,8,13H,3,7H2,1-2H3,(H,15,16). The van der Waals surface area contributed by atoms with Crippen LogP contribution < -0.4 is 5.32 Å². The van der Waals surface area contributed by atoms with Crippen LogP contribution in [-0.4, -0.2) is 35.3 Å². The summed E-state index contributed by atoms with van der Waals surface area (Å²) >= 11 is 0. The van der Waals surface area contributed by atoms with E-state index in [1.54, 1.807) is 0 Å². The molecule has 1 unspecified atom stereocenters. The van der Waals surface area contributed by atoms with Crippen LogP contribution in [0.1, 0.15) is 24.2 Å². The number of carboxylic acids is 1. The van der Waals surface area contributed by atoms with Gasteiger partial charge in [0.1, 0.15) is 0 Å². The summed E-state index contributed by atoms with van der Waals surface area (Å²) in [7, 11) is 0. The molecule has 2 N–H and O–H groups in total. The van der Waals surface area contributed by atoms with E-state index in [2.05, 4.69) is 5.32 Å². The number of aromatic carboxylic acids is 1. The fraction of sp³-hybridized carbons (Fsp3) is 0.417. The lowest BCUT2D eigenvalue weighted by Crippen LogP contribution is -2.23. The molecular weight excluding hydrogens is 252 g/mol. The van der Waals surface area contributed by atoms with Crippen LogP contribution >= 0.6 is 0 Å². The van der Waals surface area contributed by atoms with E-state index in [0.717, 1.165) is 6.07 Å². The van der Waals surface area contributed by atoms with E-state index < -0.39 is 10.9 Å². The molecule has 0 saturated carbocycles. The molecule has 19 heavy (non-hydrogen) atoms. The fourth-order valence-corrected chi connectivity index (χ4v) is 1.55. The Balaban J connectivity index is 2.94. The minimum absolute atomic E-state index is 0.0977. The van der Waals surface area contributed by atoms with Crippen molar-refractivity contribution in [2.45, 2.75) is 19.9 Å². The monoisotopic (exact) mass is 268 g/mol. The Morgan fingerprint density at radius 3 is 2.79 bits per heavy atom. The molecule has 0 fully saturated rings. The van der Waals surface area contributed by atoms with Gasteiger partial charge < -0.3 is 15.2 Å². The lowest BCUT2D eigenvalue weighted by Gasteiger charge is -2.16. The second kappa shape index (κ2) is 6.69. The number of benzene rings is 1. The molecule has 1 aromatic rings. The lowest BCUT2D eigenvalue weighted by atomic mass is 10.1. The van der Waals surface area contributed by atoms with Gasteiger partial charge in [0.05, 0.1) is 17.1 Å². The van der Waals surface area contributed by atoms with E-state index in [1.807, 2.05) is 13.8 Å². The van der Waals surface area contributed by atoms with Crippen LogP contribution in [-0.2, 0) is 4.74 Å². The highest BCUT2D eigenvalue weighted by atomic mass is 16.6. The first-order chi connectivity index (χ1) is 8.95. The summed E-state index contributed by atoms with van der Waals surface area (Å²) < 4.78 is 5.21. The molecule has 104 valence electrons. The van der Waals surface area contributed by atoms with Crippen LogP contribution in [0.25, 0.3) is 0 Å². The Morgan fingerprint density at radius 2 is 2.26 bits per heavy atom. The summed E-state index contributed by atoms with van der Waals surface area (Å²) in [6, 6.07) is 3.60. The molecule has 0 spiro atoms. The third kappa shape index (κ3) is 4.22. The number of hydrogen-bond donors (Lipinski definition) is 2. The molecule has 0 aliphatic rings. The molecule has 7 nitrogen and oxygen atoms in total. The summed E-state index contributed by atoms with van der Waals surface area (Å²) in [5, 5.41) is 22.7. The summed E-state index contributed by atoms with van der Waals surface area (Å²) in [4.78, 5) is 21.1. The number of ether oxygens (including phenoxy) is 1. The van der Waals surface area contributed by atoms with Gasteiger partial charge in [-0.2, -0.15) is 0 Å². The van der Waals surface area contributed by atoms with Crippen LogP contribution in [0.15, 0.2) is 18.2 Å². The van der Waals surface area contributed by atoms with E-state index in [4.69, 9.17) is 9.84 Å². The average Bonchev–Trinajstić information content (AvgIpc) is 2.36. The molecular formula is C12H16N2O5. The van der Waals surface area contributed by atoms with Gasteiger partial charge in [0.2, 0.25) is 0 Å². The van der Waals surface area contributed by atoms with Crippen molar-refractivity contribution in [2.75, 3.05) is 18.5 Å². The third-order valence-electron chi connectivity index (χ3n) is 2.42. The highest BCUT2D eigenvalue weighted by molar-refractivity contribution is 5.95. The number of rotatable bonds is 7. The van der Waals surface area contributed by atoms with E-state index in [9.17, 15) is 14.9 Å². The first-order valence-corrected chi connectivity index (χ1v) is 5.81. The molecule has 0 bridgehead atoms. The van der Waals surface area contributed by atoms with Crippen LogP contribution in [0.2, 0.25) is 0 Å². The quantitative estimate of drug-likeness (QED) is 0.580. The van der Waals surface area contributed by atoms with Crippen molar-refractivity contribution < 1.29 is 19.6 Å². The van der Waals surface area contributed by atoms with Crippen molar-refractivity contribution in [3.8, 4) is 0 Å². The van der Waals surface area contributed by atoms with Crippen molar-refractivity contribution in [2.24, 2.45) is 0 Å². The van der Waals surface area contributed by atoms with E-state index in [0.29, 0.717) is 18.9 Å². The van der Waals surface area contributed by atoms with Gasteiger partial charge in [-0.05, 0) is 19.9 Å². The zero-order valence-corrected chi connectivity index (χ0v) is 10.8. The van der Waals surface area contributed by atoms with Gasteiger partial charge >= 0.3 is 5.97 Å². The second-order valence-electron chi connectivity index (χ2n) is 4.00. The predicted molar refractivity (Wildman–Crippen MR) is 69.6 cm³/mol. The maximum Gasteiger partial charge on any atom is 0.338 e. The fourth-order valence-electron chi connectivity index (χ4n) is 1.55. The van der Waals surface area contributed by atoms with Gasteiger partial charge in [-0.3, -0.25) is 10.1 Å². The molecule has 1 aromatic carbocycles. The molecule has 0 aliphatic carbocycles. The van der Waals surface area contributed by atoms with Crippen molar-refractivity contribution in [3.05, 3.63) is 33.9 Å². The average molecular weight is 268 g/mol. The number of nitrogens with one attached hydrogen (secondary N) is 1. The normalized spacial score (nSPS) is 11.9. The molecule has 0 heterocycles. The first kappa shape index (κ1) is 14.9. The molecule has 0 aromatic heterocycles. The Morgan fingerprint density at radius 1 is 1.58 bits per heavy atom. The summed E-state index contributed by atoms with van der Waals surface area (Å²) in [5.41, 5.74) is -0.0386. The molecule has 7 heteroatoms. The number of hydrogen-bond acceptors (Lipinski definition) is 5. The number of carboxylic acid groups (broad SMARTS) is 1. The van der Waals surface area contributed by atoms with Crippen molar-refractivity contribution in [3.63, 3.8) is 0 Å². The minimum atomic E-state index is -1.21. The molecule has 1 rings (SSSR count). The summed E-state index contributed by atoms with van der Waals surface area (Å²) in [6.07, 6.45) is 0. The molecule has 0 radical (unpaired) electrons. The van der Waals surface area contributed by atoms with Crippen LogP contribution in [0.5, 0.6) is 0 Å². The second-order valence-corrected chi connectivity index (χ2v) is 4.00. The Bertz CT molecular complexity index is 475. The SMILES string of the molecule is CCOCC(C)Nc1ccc([N+](=O)[O-])cc1C(=O)O.